The summed E-state index contributed by atoms with van der Waals surface area (Å²) in [5.74, 6) is 0.560. The average molecular weight is 370 g/mol. The Balaban J connectivity index is 2.14. The summed E-state index contributed by atoms with van der Waals surface area (Å²) in [4.78, 5) is 20.7. The molecule has 8 heteroatoms. The number of aromatic nitrogens is 1. The van der Waals surface area contributed by atoms with Crippen molar-refractivity contribution in [2.24, 2.45) is 10.7 Å². The number of aliphatic imine (C=N–C) groups is 1. The molecule has 8 nitrogen and oxygen atoms in total. The summed E-state index contributed by atoms with van der Waals surface area (Å²) in [6.45, 7) is 5.66. The Morgan fingerprint density at radius 2 is 2.00 bits per heavy atom. The number of hydrogen-bond acceptors (Lipinski definition) is 5. The van der Waals surface area contributed by atoms with Crippen LogP contribution in [-0.4, -0.2) is 34.1 Å². The van der Waals surface area contributed by atoms with Gasteiger partial charge in [0.1, 0.15) is 11.7 Å². The second kappa shape index (κ2) is 8.50. The third kappa shape index (κ3) is 5.42. The zero-order valence-corrected chi connectivity index (χ0v) is 15.7. The average Bonchev–Trinajstić information content (AvgIpc) is 2.59. The second-order valence-electron chi connectivity index (χ2n) is 6.61. The molecule has 2 rings (SSSR count). The monoisotopic (exact) mass is 370 g/mol. The lowest BCUT2D eigenvalue weighted by atomic mass is 9.92. The molecule has 0 saturated heterocycles. The highest BCUT2D eigenvalue weighted by Gasteiger charge is 2.29. The van der Waals surface area contributed by atoms with Gasteiger partial charge in [0.2, 0.25) is 0 Å². The van der Waals surface area contributed by atoms with Gasteiger partial charge >= 0.3 is 6.03 Å². The van der Waals surface area contributed by atoms with Gasteiger partial charge in [-0.1, -0.05) is 30.3 Å². The molecule has 1 aromatic carbocycles. The third-order valence-electron chi connectivity index (χ3n) is 3.90. The normalized spacial score (nSPS) is 13.1. The van der Waals surface area contributed by atoms with E-state index in [0.29, 0.717) is 23.6 Å². The summed E-state index contributed by atoms with van der Waals surface area (Å²) in [5, 5.41) is 15.8. The van der Waals surface area contributed by atoms with Gasteiger partial charge in [0.05, 0.1) is 17.2 Å². The predicted octanol–water partition coefficient (Wildman–Crippen LogP) is 2.02. The van der Waals surface area contributed by atoms with Crippen molar-refractivity contribution in [3.8, 4) is 0 Å². The number of carbonyl (C=O) groups excluding carboxylic acids is 1. The maximum Gasteiger partial charge on any atom is 0.320 e. The van der Waals surface area contributed by atoms with Crippen LogP contribution >= 0.6 is 0 Å². The van der Waals surface area contributed by atoms with Gasteiger partial charge < -0.3 is 21.9 Å². The number of amides is 2. The smallest absolute Gasteiger partial charge is 0.320 e. The first-order valence-electron chi connectivity index (χ1n) is 8.63. The number of amidine groups is 1. The minimum Gasteiger partial charge on any atom is -0.398 e. The van der Waals surface area contributed by atoms with E-state index in [1.165, 1.54) is 12.3 Å². The predicted molar refractivity (Wildman–Crippen MR) is 108 cm³/mol. The highest BCUT2D eigenvalue weighted by atomic mass is 16.3. The first kappa shape index (κ1) is 20.2. The van der Waals surface area contributed by atoms with E-state index in [9.17, 15) is 9.90 Å². The Bertz CT molecular complexity index is 815. The lowest BCUT2D eigenvalue weighted by molar-refractivity contribution is 0.0415. The number of carbonyl (C=O) groups is 1. The van der Waals surface area contributed by atoms with Crippen LogP contribution in [0.2, 0.25) is 0 Å². The van der Waals surface area contributed by atoms with Crippen molar-refractivity contribution in [2.75, 3.05) is 17.6 Å². The number of aliphatic hydroxyl groups is 1. The van der Waals surface area contributed by atoms with Gasteiger partial charge in [0.15, 0.2) is 0 Å². The molecule has 0 aliphatic carbocycles. The molecule has 0 spiro atoms. The summed E-state index contributed by atoms with van der Waals surface area (Å²) < 4.78 is 0. The lowest BCUT2D eigenvalue weighted by Crippen LogP contribution is -2.44. The summed E-state index contributed by atoms with van der Waals surface area (Å²) >= 11 is 0. The van der Waals surface area contributed by atoms with Crippen molar-refractivity contribution in [1.82, 2.24) is 10.3 Å². The number of benzene rings is 1. The Morgan fingerprint density at radius 1 is 1.33 bits per heavy atom. The molecule has 0 saturated carbocycles. The van der Waals surface area contributed by atoms with E-state index in [4.69, 9.17) is 11.5 Å². The van der Waals surface area contributed by atoms with E-state index in [1.54, 1.807) is 13.8 Å². The lowest BCUT2D eigenvalue weighted by Gasteiger charge is -2.30. The highest BCUT2D eigenvalue weighted by molar-refractivity contribution is 6.02. The summed E-state index contributed by atoms with van der Waals surface area (Å²) in [6.07, 6.45) is 1.46. The number of hydrogen-bond donors (Lipinski definition) is 5. The van der Waals surface area contributed by atoms with Gasteiger partial charge in [-0.2, -0.15) is 0 Å². The molecule has 0 bridgehead atoms. The van der Waals surface area contributed by atoms with Gasteiger partial charge in [-0.15, -0.1) is 0 Å². The number of anilines is 2. The van der Waals surface area contributed by atoms with Crippen LogP contribution in [0.15, 0.2) is 47.6 Å². The minimum atomic E-state index is -1.17. The fraction of sp³-hybridized carbons (Fsp3) is 0.316. The number of pyridine rings is 1. The van der Waals surface area contributed by atoms with Crippen molar-refractivity contribution in [2.45, 2.75) is 32.4 Å². The fourth-order valence-corrected chi connectivity index (χ4v) is 2.61. The molecule has 0 radical (unpaired) electrons. The Hall–Kier alpha value is -3.13. The summed E-state index contributed by atoms with van der Waals surface area (Å²) in [6, 6.07) is 9.62. The maximum absolute atomic E-state index is 12.4. The zero-order valence-electron chi connectivity index (χ0n) is 15.7. The first-order valence-corrected chi connectivity index (χ1v) is 8.63. The first-order chi connectivity index (χ1) is 12.7. The number of nitrogens with two attached hydrogens (primary N) is 2. The van der Waals surface area contributed by atoms with E-state index in [2.05, 4.69) is 20.6 Å². The van der Waals surface area contributed by atoms with E-state index >= 15 is 0 Å². The fourth-order valence-electron chi connectivity index (χ4n) is 2.61. The molecule has 0 aliphatic rings. The largest absolute Gasteiger partial charge is 0.398 e. The Morgan fingerprint density at radius 3 is 2.56 bits per heavy atom. The summed E-state index contributed by atoms with van der Waals surface area (Å²) in [7, 11) is 0. The standard InChI is InChI=1S/C19H26N6O2/c1-4-22-17(21)13-11-23-15(10-14(13)20)24-18(26)25-16(19(2,3)27)12-8-6-5-7-9-12/h5-11,16,27H,4H2,1-3H3,(H2,21,22)(H4,20,23,24,25,26)/t16-/m0/s1. The van der Waals surface area contributed by atoms with Gasteiger partial charge in [-0.05, 0) is 26.3 Å². The molecule has 2 amide bonds. The van der Waals surface area contributed by atoms with Crippen LogP contribution in [0.1, 0.15) is 37.9 Å². The van der Waals surface area contributed by atoms with Gasteiger partial charge in [-0.25, -0.2) is 9.78 Å². The van der Waals surface area contributed by atoms with E-state index in [0.717, 1.165) is 5.56 Å². The van der Waals surface area contributed by atoms with Crippen molar-refractivity contribution in [3.05, 3.63) is 53.7 Å². The molecule has 27 heavy (non-hydrogen) atoms. The van der Waals surface area contributed by atoms with Crippen molar-refractivity contribution in [3.63, 3.8) is 0 Å². The number of rotatable bonds is 6. The Kier molecular flexibility index (Phi) is 6.36. The molecule has 0 fully saturated rings. The SMILES string of the molecule is CCN=C(N)c1cnc(NC(=O)N[C@@H](c2ccccc2)C(C)(C)O)cc1N. The van der Waals surface area contributed by atoms with Crippen molar-refractivity contribution in [1.29, 1.82) is 0 Å². The van der Waals surface area contributed by atoms with E-state index in [-0.39, 0.29) is 5.82 Å². The highest BCUT2D eigenvalue weighted by Crippen LogP contribution is 2.25. The molecular weight excluding hydrogens is 344 g/mol. The third-order valence-corrected chi connectivity index (χ3v) is 3.90. The van der Waals surface area contributed by atoms with Crippen molar-refractivity contribution < 1.29 is 9.90 Å². The molecule has 2 aromatic rings. The van der Waals surface area contributed by atoms with Gasteiger partial charge in [-0.3, -0.25) is 10.3 Å². The van der Waals surface area contributed by atoms with Crippen LogP contribution < -0.4 is 22.1 Å². The molecule has 1 atom stereocenters. The number of nitrogens with zero attached hydrogens (tertiary/aromatic N) is 2. The topological polar surface area (TPSA) is 139 Å². The van der Waals surface area contributed by atoms with Crippen LogP contribution in [-0.2, 0) is 0 Å². The number of nitrogen functional groups attached to an aromatic ring is 1. The molecule has 7 N–H and O–H groups in total. The van der Waals surface area contributed by atoms with Crippen LogP contribution in [0.5, 0.6) is 0 Å². The summed E-state index contributed by atoms with van der Waals surface area (Å²) in [5.41, 5.74) is 12.3. The van der Waals surface area contributed by atoms with Gasteiger partial charge in [0, 0.05) is 24.5 Å². The van der Waals surface area contributed by atoms with Gasteiger partial charge in [0.25, 0.3) is 0 Å². The molecule has 0 aliphatic heterocycles. The van der Waals surface area contributed by atoms with E-state index in [1.807, 2.05) is 37.3 Å². The van der Waals surface area contributed by atoms with Crippen LogP contribution in [0, 0.1) is 0 Å². The molecule has 0 unspecified atom stereocenters. The van der Waals surface area contributed by atoms with Crippen LogP contribution in [0.4, 0.5) is 16.3 Å². The van der Waals surface area contributed by atoms with Crippen molar-refractivity contribution >= 4 is 23.4 Å². The van der Waals surface area contributed by atoms with Crippen LogP contribution in [0.3, 0.4) is 0 Å². The Labute approximate surface area is 158 Å². The number of nitrogens with one attached hydrogen (secondary N) is 2. The van der Waals surface area contributed by atoms with Crippen LogP contribution in [0.25, 0.3) is 0 Å². The second-order valence-corrected chi connectivity index (χ2v) is 6.61. The minimum absolute atomic E-state index is 0.264. The molecular formula is C19H26N6O2. The van der Waals surface area contributed by atoms with E-state index < -0.39 is 17.7 Å². The maximum atomic E-state index is 12.4. The molecule has 144 valence electrons. The quantitative estimate of drug-likeness (QED) is 0.391. The molecule has 1 aromatic heterocycles. The number of urea groups is 1. The zero-order chi connectivity index (χ0) is 20.0. The molecule has 1 heterocycles.